The van der Waals surface area contributed by atoms with E-state index in [1.165, 1.54) is 27.4 Å². The van der Waals surface area contributed by atoms with Gasteiger partial charge in [-0.15, -0.1) is 0 Å². The van der Waals surface area contributed by atoms with Crippen molar-refractivity contribution in [2.75, 3.05) is 33.0 Å². The number of nitrogens with zero attached hydrogens (tertiary/aromatic N) is 1. The van der Waals surface area contributed by atoms with Crippen molar-refractivity contribution in [3.05, 3.63) is 64.2 Å². The van der Waals surface area contributed by atoms with E-state index in [-0.39, 0.29) is 17.2 Å². The third kappa shape index (κ3) is 4.63. The molecular formula is C24H31ClN2O3S. The van der Waals surface area contributed by atoms with Crippen LogP contribution in [0.2, 0.25) is 5.02 Å². The number of benzene rings is 2. The number of halogens is 1. The number of fused-ring (bicyclic) bond motifs is 1. The highest BCUT2D eigenvalue weighted by Crippen LogP contribution is 2.53. The number of hydrogen-bond acceptors (Lipinski definition) is 4. The molecule has 1 aliphatic carbocycles. The van der Waals surface area contributed by atoms with Gasteiger partial charge in [-0.25, -0.2) is 12.7 Å². The van der Waals surface area contributed by atoms with Gasteiger partial charge in [-0.05, 0) is 73.2 Å². The van der Waals surface area contributed by atoms with Gasteiger partial charge in [-0.1, -0.05) is 36.2 Å². The topological polar surface area (TPSA) is 58.6 Å². The standard InChI is InChI=1S/C24H31ClN2O3S/c1-27(2)31(28,29)16-4-15-30-21-10-5-18-11-14-26-23(22(18)17-21)24(12-3-13-24)19-6-8-20(25)9-7-19/h5-10,17,23,26H,3-4,11-16H2,1-2H3. The van der Waals surface area contributed by atoms with Gasteiger partial charge in [0.1, 0.15) is 5.75 Å². The van der Waals surface area contributed by atoms with Crippen LogP contribution in [0.25, 0.3) is 0 Å². The molecule has 0 aromatic heterocycles. The van der Waals surface area contributed by atoms with Crippen molar-refractivity contribution in [1.29, 1.82) is 0 Å². The second-order valence-corrected chi connectivity index (χ2v) is 11.6. The van der Waals surface area contributed by atoms with Crippen LogP contribution in [0, 0.1) is 0 Å². The first-order chi connectivity index (χ1) is 14.8. The first-order valence-corrected chi connectivity index (χ1v) is 13.0. The molecule has 1 atom stereocenters. The van der Waals surface area contributed by atoms with Gasteiger partial charge in [0.15, 0.2) is 0 Å². The zero-order chi connectivity index (χ0) is 22.1. The van der Waals surface area contributed by atoms with Gasteiger partial charge >= 0.3 is 0 Å². The maximum Gasteiger partial charge on any atom is 0.213 e. The van der Waals surface area contributed by atoms with E-state index in [1.54, 1.807) is 14.1 Å². The Morgan fingerprint density at radius 2 is 1.90 bits per heavy atom. The smallest absolute Gasteiger partial charge is 0.213 e. The molecule has 0 spiro atoms. The van der Waals surface area contributed by atoms with Crippen molar-refractivity contribution in [2.24, 2.45) is 0 Å². The average molecular weight is 463 g/mol. The van der Waals surface area contributed by atoms with Gasteiger partial charge in [-0.2, -0.15) is 0 Å². The van der Waals surface area contributed by atoms with Crippen molar-refractivity contribution in [2.45, 2.75) is 43.6 Å². The fourth-order valence-corrected chi connectivity index (χ4v) is 5.78. The Morgan fingerprint density at radius 3 is 2.55 bits per heavy atom. The lowest BCUT2D eigenvalue weighted by atomic mass is 9.58. The van der Waals surface area contributed by atoms with Gasteiger partial charge in [-0.3, -0.25) is 0 Å². The normalized spacial score (nSPS) is 20.2. The summed E-state index contributed by atoms with van der Waals surface area (Å²) in [7, 11) is -0.0721. The van der Waals surface area contributed by atoms with Gasteiger partial charge < -0.3 is 10.1 Å². The molecule has 1 unspecified atom stereocenters. The van der Waals surface area contributed by atoms with Crippen molar-refractivity contribution in [3.8, 4) is 5.75 Å². The van der Waals surface area contributed by atoms with E-state index in [4.69, 9.17) is 16.3 Å². The number of hydrogen-bond donors (Lipinski definition) is 1. The Labute approximate surface area is 190 Å². The van der Waals surface area contributed by atoms with E-state index < -0.39 is 10.0 Å². The fraction of sp³-hybridized carbons (Fsp3) is 0.500. The van der Waals surface area contributed by atoms with Gasteiger partial charge in [0.2, 0.25) is 10.0 Å². The summed E-state index contributed by atoms with van der Waals surface area (Å²) in [5.74, 6) is 0.898. The fourth-order valence-electron chi connectivity index (χ4n) is 4.81. The Kier molecular flexibility index (Phi) is 6.63. The molecule has 1 N–H and O–H groups in total. The molecule has 0 bridgehead atoms. The van der Waals surface area contributed by atoms with E-state index in [9.17, 15) is 8.42 Å². The molecule has 168 valence electrons. The third-order valence-corrected chi connectivity index (χ3v) is 8.93. The van der Waals surface area contributed by atoms with E-state index in [0.29, 0.717) is 13.0 Å². The quantitative estimate of drug-likeness (QED) is 0.594. The SMILES string of the molecule is CN(C)S(=O)(=O)CCCOc1ccc2c(c1)C(C1(c3ccc(Cl)cc3)CCC1)NCC2. The zero-order valence-electron chi connectivity index (χ0n) is 18.2. The molecule has 1 heterocycles. The van der Waals surface area contributed by atoms with E-state index in [0.717, 1.165) is 36.6 Å². The second-order valence-electron chi connectivity index (χ2n) is 8.81. The number of nitrogens with one attached hydrogen (secondary N) is 1. The minimum absolute atomic E-state index is 0.0815. The summed E-state index contributed by atoms with van der Waals surface area (Å²) in [4.78, 5) is 0. The molecule has 1 aliphatic heterocycles. The Balaban J connectivity index is 1.52. The van der Waals surface area contributed by atoms with Crippen LogP contribution in [0.4, 0.5) is 0 Å². The number of rotatable bonds is 8. The van der Waals surface area contributed by atoms with Crippen LogP contribution < -0.4 is 10.1 Å². The molecular weight excluding hydrogens is 432 g/mol. The van der Waals surface area contributed by atoms with Crippen molar-refractivity contribution in [3.63, 3.8) is 0 Å². The molecule has 0 amide bonds. The lowest BCUT2D eigenvalue weighted by Crippen LogP contribution is -2.49. The summed E-state index contributed by atoms with van der Waals surface area (Å²) < 4.78 is 31.1. The van der Waals surface area contributed by atoms with Crippen LogP contribution in [0.1, 0.15) is 48.4 Å². The van der Waals surface area contributed by atoms with Gasteiger partial charge in [0.05, 0.1) is 12.4 Å². The van der Waals surface area contributed by atoms with Gasteiger partial charge in [0.25, 0.3) is 0 Å². The highest BCUT2D eigenvalue weighted by Gasteiger charge is 2.47. The molecule has 0 saturated heterocycles. The van der Waals surface area contributed by atoms with Crippen LogP contribution >= 0.6 is 11.6 Å². The summed E-state index contributed by atoms with van der Waals surface area (Å²) in [5.41, 5.74) is 4.09. The lowest BCUT2D eigenvalue weighted by Gasteiger charge is -2.50. The summed E-state index contributed by atoms with van der Waals surface area (Å²) in [5, 5.41) is 4.55. The summed E-state index contributed by atoms with van der Waals surface area (Å²) in [6.07, 6.45) is 5.00. The van der Waals surface area contributed by atoms with E-state index in [2.05, 4.69) is 29.6 Å². The average Bonchev–Trinajstić information content (AvgIpc) is 2.72. The van der Waals surface area contributed by atoms with Crippen LogP contribution in [0.15, 0.2) is 42.5 Å². The van der Waals surface area contributed by atoms with Crippen molar-refractivity contribution >= 4 is 21.6 Å². The number of ether oxygens (including phenoxy) is 1. The zero-order valence-corrected chi connectivity index (χ0v) is 19.8. The molecule has 7 heteroatoms. The molecule has 1 fully saturated rings. The molecule has 0 radical (unpaired) electrons. The molecule has 4 rings (SSSR count). The Hall–Kier alpha value is -1.60. The molecule has 2 aromatic carbocycles. The lowest BCUT2D eigenvalue weighted by molar-refractivity contribution is 0.164. The largest absolute Gasteiger partial charge is 0.494 e. The minimum Gasteiger partial charge on any atom is -0.494 e. The monoisotopic (exact) mass is 462 g/mol. The van der Waals surface area contributed by atoms with Crippen LogP contribution in [0.3, 0.4) is 0 Å². The first-order valence-electron chi connectivity index (χ1n) is 11.0. The minimum atomic E-state index is -3.19. The molecule has 2 aliphatic rings. The van der Waals surface area contributed by atoms with Crippen molar-refractivity contribution in [1.82, 2.24) is 9.62 Å². The maximum absolute atomic E-state index is 11.9. The summed E-state index contributed by atoms with van der Waals surface area (Å²) in [6, 6.07) is 14.9. The van der Waals surface area contributed by atoms with Crippen LogP contribution in [-0.4, -0.2) is 45.7 Å². The van der Waals surface area contributed by atoms with Crippen LogP contribution in [0.5, 0.6) is 5.75 Å². The molecule has 1 saturated carbocycles. The predicted molar refractivity (Wildman–Crippen MR) is 125 cm³/mol. The van der Waals surface area contributed by atoms with Crippen molar-refractivity contribution < 1.29 is 13.2 Å². The summed E-state index contributed by atoms with van der Waals surface area (Å²) in [6.45, 7) is 1.35. The summed E-state index contributed by atoms with van der Waals surface area (Å²) >= 11 is 6.14. The van der Waals surface area contributed by atoms with Gasteiger partial charge in [0, 0.05) is 30.6 Å². The van der Waals surface area contributed by atoms with Crippen LogP contribution in [-0.2, 0) is 21.9 Å². The second kappa shape index (κ2) is 9.10. The Morgan fingerprint density at radius 1 is 1.16 bits per heavy atom. The highest BCUT2D eigenvalue weighted by atomic mass is 35.5. The predicted octanol–water partition coefficient (Wildman–Crippen LogP) is 4.31. The van der Waals surface area contributed by atoms with E-state index >= 15 is 0 Å². The molecule has 2 aromatic rings. The number of sulfonamides is 1. The maximum atomic E-state index is 11.9. The Bertz CT molecular complexity index is 1020. The van der Waals surface area contributed by atoms with E-state index in [1.807, 2.05) is 18.2 Å². The molecule has 5 nitrogen and oxygen atoms in total. The first kappa shape index (κ1) is 22.6. The highest BCUT2D eigenvalue weighted by molar-refractivity contribution is 7.89. The third-order valence-electron chi connectivity index (χ3n) is 6.76. The molecule has 31 heavy (non-hydrogen) atoms.